The zero-order chi connectivity index (χ0) is 35.6. The van der Waals surface area contributed by atoms with Crippen LogP contribution in [-0.4, -0.2) is 87.3 Å². The predicted octanol–water partition coefficient (Wildman–Crippen LogP) is 4.71. The van der Waals surface area contributed by atoms with E-state index in [1.54, 1.807) is 16.7 Å². The van der Waals surface area contributed by atoms with Crippen molar-refractivity contribution in [3.63, 3.8) is 0 Å². The molecule has 12 heteroatoms. The minimum absolute atomic E-state index is 0.0348. The monoisotopic (exact) mass is 693 g/mol. The van der Waals surface area contributed by atoms with Gasteiger partial charge in [-0.1, -0.05) is 74.7 Å². The van der Waals surface area contributed by atoms with Gasteiger partial charge in [0, 0.05) is 30.0 Å². The second-order valence-electron chi connectivity index (χ2n) is 15.3. The molecule has 1 aliphatic heterocycles. The van der Waals surface area contributed by atoms with Crippen molar-refractivity contribution in [3.8, 4) is 12.3 Å². The Bertz CT molecular complexity index is 1150. The zero-order valence-electron chi connectivity index (χ0n) is 30.0. The van der Waals surface area contributed by atoms with Crippen LogP contribution in [0.15, 0.2) is 0 Å². The lowest BCUT2D eigenvalue weighted by molar-refractivity contribution is -0.143. The average Bonchev–Trinajstić information content (AvgIpc) is 3.42. The molecule has 0 aromatic carbocycles. The number of ketones is 1. The Hall–Kier alpha value is -2.39. The van der Waals surface area contributed by atoms with Crippen LogP contribution in [0, 0.1) is 29.6 Å². The summed E-state index contributed by atoms with van der Waals surface area (Å²) in [5.74, 6) is 0.958. The number of amides is 5. The Morgan fingerprint density at radius 2 is 1.64 bits per heavy atom. The van der Waals surface area contributed by atoms with E-state index < -0.39 is 52.0 Å². The molecule has 0 spiro atoms. The lowest BCUT2D eigenvalue weighted by Gasteiger charge is -2.42. The summed E-state index contributed by atoms with van der Waals surface area (Å²) < 4.78 is -0.0689. The van der Waals surface area contributed by atoms with Gasteiger partial charge in [-0.25, -0.2) is 4.79 Å². The Morgan fingerprint density at radius 3 is 2.17 bits per heavy atom. The molecule has 5 amide bonds. The Morgan fingerprint density at radius 1 is 1.00 bits per heavy atom. The first kappa shape index (κ1) is 40.8. The normalized spacial score (nSPS) is 20.9. The molecule has 4 N–H and O–H groups in total. The molecule has 1 saturated carbocycles. The van der Waals surface area contributed by atoms with E-state index in [2.05, 4.69) is 61.8 Å². The topological polar surface area (TPSA) is 137 Å². The molecule has 1 aliphatic carbocycles. The molecular formula is C35H59N5O5S2. The summed E-state index contributed by atoms with van der Waals surface area (Å²) >= 11 is 3.30. The minimum Gasteiger partial charge on any atom is -0.349 e. The van der Waals surface area contributed by atoms with Gasteiger partial charge in [-0.2, -0.15) is 11.8 Å². The number of carbonyl (C=O) groups excluding carboxylic acids is 5. The van der Waals surface area contributed by atoms with E-state index >= 15 is 0 Å². The molecule has 2 rings (SSSR count). The first-order chi connectivity index (χ1) is 21.8. The third kappa shape index (κ3) is 12.5. The van der Waals surface area contributed by atoms with Crippen LogP contribution in [0.5, 0.6) is 0 Å². The number of hydrogen-bond donors (Lipinski definition) is 4. The van der Waals surface area contributed by atoms with Crippen LogP contribution in [0.1, 0.15) is 107 Å². The third-order valence-electron chi connectivity index (χ3n) is 8.78. The summed E-state index contributed by atoms with van der Waals surface area (Å²) in [7, 11) is 0. The quantitative estimate of drug-likeness (QED) is 0.0896. The number of likely N-dealkylation sites (tertiary alicyclic amines) is 1. The van der Waals surface area contributed by atoms with E-state index in [0.29, 0.717) is 25.3 Å². The van der Waals surface area contributed by atoms with E-state index in [9.17, 15) is 24.0 Å². The number of carbonyl (C=O) groups is 5. The highest BCUT2D eigenvalue weighted by molar-refractivity contribution is 8.01. The van der Waals surface area contributed by atoms with Gasteiger partial charge in [0.2, 0.25) is 17.6 Å². The number of thioether (sulfide) groups is 2. The number of rotatable bonds is 14. The van der Waals surface area contributed by atoms with E-state index in [-0.39, 0.29) is 35.3 Å². The SMILES string of the molecule is C#CCC[C@@H](NC(=O)[C@@H]1CC(C(C)C)CN1C(=O)C(NC(=O)NC1(SC(C)(C)C)CCCCC1)C(C)(C)C)C(=O)C(=O)NCCSC. The maximum Gasteiger partial charge on any atom is 0.316 e. The van der Waals surface area contributed by atoms with Gasteiger partial charge in [0.05, 0.1) is 10.9 Å². The molecule has 266 valence electrons. The lowest BCUT2D eigenvalue weighted by atomic mass is 9.85. The summed E-state index contributed by atoms with van der Waals surface area (Å²) in [6, 6.07) is -3.29. The molecule has 0 aromatic heterocycles. The second kappa shape index (κ2) is 17.8. The van der Waals surface area contributed by atoms with Crippen molar-refractivity contribution in [3.05, 3.63) is 0 Å². The second-order valence-corrected chi connectivity index (χ2v) is 18.5. The molecule has 2 fully saturated rings. The van der Waals surface area contributed by atoms with Crippen LogP contribution in [0.2, 0.25) is 0 Å². The number of hydrogen-bond acceptors (Lipinski definition) is 7. The van der Waals surface area contributed by atoms with Crippen LogP contribution in [0.4, 0.5) is 4.79 Å². The van der Waals surface area contributed by atoms with Crippen LogP contribution in [0.3, 0.4) is 0 Å². The fraction of sp³-hybridized carbons (Fsp3) is 0.800. The molecule has 0 radical (unpaired) electrons. The van der Waals surface area contributed by atoms with Crippen LogP contribution in [0.25, 0.3) is 0 Å². The fourth-order valence-corrected chi connectivity index (χ4v) is 8.39. The molecular weight excluding hydrogens is 635 g/mol. The first-order valence-corrected chi connectivity index (χ1v) is 19.2. The molecule has 10 nitrogen and oxygen atoms in total. The van der Waals surface area contributed by atoms with Gasteiger partial charge in [0.1, 0.15) is 12.1 Å². The van der Waals surface area contributed by atoms with Crippen molar-refractivity contribution < 1.29 is 24.0 Å². The Labute approximate surface area is 291 Å². The van der Waals surface area contributed by atoms with E-state index in [0.717, 1.165) is 32.1 Å². The zero-order valence-corrected chi connectivity index (χ0v) is 31.7. The lowest BCUT2D eigenvalue weighted by Crippen LogP contribution is -2.62. The summed E-state index contributed by atoms with van der Waals surface area (Å²) in [4.78, 5) is 68.7. The predicted molar refractivity (Wildman–Crippen MR) is 193 cm³/mol. The third-order valence-corrected chi connectivity index (χ3v) is 10.9. The van der Waals surface area contributed by atoms with Gasteiger partial charge in [0.25, 0.3) is 5.91 Å². The molecule has 4 atom stereocenters. The van der Waals surface area contributed by atoms with Crippen LogP contribution < -0.4 is 21.3 Å². The molecule has 0 aromatic rings. The van der Waals surface area contributed by atoms with Crippen LogP contribution in [-0.2, 0) is 19.2 Å². The highest BCUT2D eigenvalue weighted by Crippen LogP contribution is 2.44. The van der Waals surface area contributed by atoms with E-state index in [1.807, 2.05) is 27.0 Å². The van der Waals surface area contributed by atoms with E-state index in [4.69, 9.17) is 6.42 Å². The highest BCUT2D eigenvalue weighted by Gasteiger charge is 2.47. The number of nitrogens with zero attached hydrogens (tertiary/aromatic N) is 1. The van der Waals surface area contributed by atoms with Gasteiger partial charge in [-0.3, -0.25) is 19.2 Å². The summed E-state index contributed by atoms with van der Waals surface area (Å²) in [5.41, 5.74) is -0.664. The summed E-state index contributed by atoms with van der Waals surface area (Å²) in [6.45, 7) is 16.9. The molecule has 1 heterocycles. The van der Waals surface area contributed by atoms with Gasteiger partial charge in [-0.15, -0.1) is 24.1 Å². The smallest absolute Gasteiger partial charge is 0.316 e. The van der Waals surface area contributed by atoms with Gasteiger partial charge in [-0.05, 0) is 49.2 Å². The minimum atomic E-state index is -1.11. The van der Waals surface area contributed by atoms with Crippen molar-refractivity contribution in [1.82, 2.24) is 26.2 Å². The largest absolute Gasteiger partial charge is 0.349 e. The molecule has 2 aliphatic rings. The summed E-state index contributed by atoms with van der Waals surface area (Å²) in [5, 5.41) is 11.6. The van der Waals surface area contributed by atoms with Crippen LogP contribution >= 0.6 is 23.5 Å². The number of Topliss-reactive ketones (excluding diaryl/α,β-unsaturated/α-hetero) is 1. The van der Waals surface area contributed by atoms with Crippen molar-refractivity contribution >= 4 is 53.1 Å². The van der Waals surface area contributed by atoms with Crippen molar-refractivity contribution in [2.75, 3.05) is 25.1 Å². The fourth-order valence-electron chi connectivity index (χ4n) is 6.27. The Balaban J connectivity index is 2.32. The van der Waals surface area contributed by atoms with Gasteiger partial charge >= 0.3 is 6.03 Å². The van der Waals surface area contributed by atoms with Crippen molar-refractivity contribution in [2.24, 2.45) is 17.3 Å². The van der Waals surface area contributed by atoms with Gasteiger partial charge in [0.15, 0.2) is 0 Å². The summed E-state index contributed by atoms with van der Waals surface area (Å²) in [6.07, 6.45) is 12.9. The maximum atomic E-state index is 14.4. The van der Waals surface area contributed by atoms with E-state index in [1.165, 1.54) is 11.8 Å². The molecule has 1 saturated heterocycles. The first-order valence-electron chi connectivity index (χ1n) is 17.0. The Kier molecular flexibility index (Phi) is 15.5. The highest BCUT2D eigenvalue weighted by atomic mass is 32.2. The number of nitrogens with one attached hydrogen (secondary N) is 4. The average molecular weight is 694 g/mol. The maximum absolute atomic E-state index is 14.4. The molecule has 0 bridgehead atoms. The number of urea groups is 1. The van der Waals surface area contributed by atoms with Crippen molar-refractivity contribution in [2.45, 2.75) is 134 Å². The van der Waals surface area contributed by atoms with Crippen molar-refractivity contribution in [1.29, 1.82) is 0 Å². The number of terminal acetylenes is 1. The molecule has 2 unspecified atom stereocenters. The standard InChI is InChI=1S/C35H59N5O5S2/c1-11-12-16-25(27(41)30(43)36-19-20-46-10)37-29(42)26-21-24(23(2)3)22-40(26)31(44)28(33(4,5)6)38-32(45)39-35(47-34(7,8)9)17-14-13-15-18-35/h1,23-26,28H,12-22H2,2-10H3,(H,36,43)(H,37,42)(H2,38,39,45)/t24?,25-,26+,28?/m1/s1. The van der Waals surface area contributed by atoms with Gasteiger partial charge < -0.3 is 26.2 Å². The molecule has 47 heavy (non-hydrogen) atoms.